The molecule has 0 aliphatic heterocycles. The molecule has 5 nitrogen and oxygen atoms in total. The average Bonchev–Trinajstić information content (AvgIpc) is 2.97. The number of hydrogen-bond acceptors (Lipinski definition) is 5. The highest BCUT2D eigenvalue weighted by molar-refractivity contribution is 7.16. The van der Waals surface area contributed by atoms with Crippen LogP contribution in [0.2, 0.25) is 0 Å². The van der Waals surface area contributed by atoms with Gasteiger partial charge in [-0.2, -0.15) is 0 Å². The molecule has 2 aromatic rings. The first-order chi connectivity index (χ1) is 9.76. The van der Waals surface area contributed by atoms with Crippen LogP contribution >= 0.6 is 11.3 Å². The zero-order chi connectivity index (χ0) is 14.4. The highest BCUT2D eigenvalue weighted by atomic mass is 32.1. The lowest BCUT2D eigenvalue weighted by Crippen LogP contribution is -2.35. The summed E-state index contributed by atoms with van der Waals surface area (Å²) in [5.41, 5.74) is 0.965. The number of benzene rings is 1. The Balaban J connectivity index is 2.17. The predicted octanol–water partition coefficient (Wildman–Crippen LogP) is 1.24. The van der Waals surface area contributed by atoms with Crippen molar-refractivity contribution in [3.05, 3.63) is 41.4 Å². The van der Waals surface area contributed by atoms with Gasteiger partial charge in [-0.05, 0) is 0 Å². The van der Waals surface area contributed by atoms with Crippen molar-refractivity contribution < 1.29 is 15.0 Å². The third-order valence-electron chi connectivity index (χ3n) is 2.76. The summed E-state index contributed by atoms with van der Waals surface area (Å²) in [4.78, 5) is 18.4. The molecule has 0 bridgehead atoms. The van der Waals surface area contributed by atoms with Crippen LogP contribution in [0.5, 0.6) is 0 Å². The first-order valence-corrected chi connectivity index (χ1v) is 7.10. The molecule has 0 radical (unpaired) electrons. The smallest absolute Gasteiger partial charge is 0.265 e. The van der Waals surface area contributed by atoms with Crippen LogP contribution in [0.4, 0.5) is 0 Å². The van der Waals surface area contributed by atoms with Crippen LogP contribution in [0.15, 0.2) is 36.5 Å². The van der Waals surface area contributed by atoms with Crippen molar-refractivity contribution in [3.8, 4) is 10.6 Å². The molecule has 2 rings (SSSR count). The quantitative estimate of drug-likeness (QED) is 0.840. The van der Waals surface area contributed by atoms with E-state index in [-0.39, 0.29) is 32.2 Å². The molecule has 0 unspecified atom stereocenters. The summed E-state index contributed by atoms with van der Waals surface area (Å²) >= 11 is 1.31. The first kappa shape index (κ1) is 14.6. The minimum Gasteiger partial charge on any atom is -0.395 e. The monoisotopic (exact) mass is 292 g/mol. The topological polar surface area (TPSA) is 73.7 Å². The van der Waals surface area contributed by atoms with Gasteiger partial charge in [0.1, 0.15) is 9.88 Å². The lowest BCUT2D eigenvalue weighted by atomic mass is 10.2. The molecule has 0 atom stereocenters. The molecule has 20 heavy (non-hydrogen) atoms. The van der Waals surface area contributed by atoms with E-state index in [1.165, 1.54) is 22.4 Å². The highest BCUT2D eigenvalue weighted by Crippen LogP contribution is 2.25. The summed E-state index contributed by atoms with van der Waals surface area (Å²) in [6.45, 7) is 0.155. The molecular weight excluding hydrogens is 276 g/mol. The molecule has 1 heterocycles. The van der Waals surface area contributed by atoms with Crippen molar-refractivity contribution in [2.45, 2.75) is 0 Å². The Kier molecular flexibility index (Phi) is 5.23. The second kappa shape index (κ2) is 7.14. The fourth-order valence-electron chi connectivity index (χ4n) is 1.80. The largest absolute Gasteiger partial charge is 0.395 e. The number of amides is 1. The molecule has 1 aromatic carbocycles. The Labute approximate surface area is 121 Å². The van der Waals surface area contributed by atoms with Gasteiger partial charge in [0, 0.05) is 18.7 Å². The Morgan fingerprint density at radius 2 is 1.80 bits per heavy atom. The maximum Gasteiger partial charge on any atom is 0.265 e. The molecule has 0 saturated carbocycles. The number of aliphatic hydroxyl groups is 2. The van der Waals surface area contributed by atoms with E-state index >= 15 is 0 Å². The number of carbonyl (C=O) groups is 1. The molecule has 2 N–H and O–H groups in total. The molecule has 0 saturated heterocycles. The summed E-state index contributed by atoms with van der Waals surface area (Å²) in [5.74, 6) is -0.215. The molecular formula is C14H16N2O3S. The van der Waals surface area contributed by atoms with Gasteiger partial charge in [-0.3, -0.25) is 4.79 Å². The third kappa shape index (κ3) is 3.41. The zero-order valence-electron chi connectivity index (χ0n) is 10.9. The van der Waals surface area contributed by atoms with Crippen LogP contribution in [0.3, 0.4) is 0 Å². The average molecular weight is 292 g/mol. The zero-order valence-corrected chi connectivity index (χ0v) is 11.7. The Hall–Kier alpha value is -1.76. The summed E-state index contributed by atoms with van der Waals surface area (Å²) < 4.78 is 0. The van der Waals surface area contributed by atoms with E-state index in [9.17, 15) is 4.79 Å². The van der Waals surface area contributed by atoms with Gasteiger partial charge in [0.15, 0.2) is 0 Å². The summed E-state index contributed by atoms with van der Waals surface area (Å²) in [6.07, 6.45) is 1.54. The van der Waals surface area contributed by atoms with E-state index in [1.807, 2.05) is 30.3 Å². The summed E-state index contributed by atoms with van der Waals surface area (Å²) in [6, 6.07) is 9.64. The summed E-state index contributed by atoms with van der Waals surface area (Å²) in [5, 5.41) is 18.7. The van der Waals surface area contributed by atoms with E-state index in [4.69, 9.17) is 10.2 Å². The lowest BCUT2D eigenvalue weighted by molar-refractivity contribution is 0.0689. The van der Waals surface area contributed by atoms with E-state index in [0.717, 1.165) is 10.6 Å². The Bertz CT molecular complexity index is 551. The van der Waals surface area contributed by atoms with Crippen molar-refractivity contribution in [3.63, 3.8) is 0 Å². The van der Waals surface area contributed by atoms with Crippen molar-refractivity contribution in [2.24, 2.45) is 0 Å². The van der Waals surface area contributed by atoms with E-state index in [1.54, 1.807) is 0 Å². The van der Waals surface area contributed by atoms with Gasteiger partial charge in [0.05, 0.1) is 19.4 Å². The van der Waals surface area contributed by atoms with E-state index in [2.05, 4.69) is 4.98 Å². The Morgan fingerprint density at radius 1 is 1.15 bits per heavy atom. The van der Waals surface area contributed by atoms with Gasteiger partial charge >= 0.3 is 0 Å². The fraction of sp³-hybridized carbons (Fsp3) is 0.286. The number of carbonyl (C=O) groups excluding carboxylic acids is 1. The highest BCUT2D eigenvalue weighted by Gasteiger charge is 2.18. The second-order valence-corrected chi connectivity index (χ2v) is 5.17. The van der Waals surface area contributed by atoms with Crippen LogP contribution in [-0.4, -0.2) is 52.3 Å². The van der Waals surface area contributed by atoms with Crippen molar-refractivity contribution >= 4 is 17.2 Å². The van der Waals surface area contributed by atoms with Gasteiger partial charge in [0.25, 0.3) is 5.91 Å². The molecule has 0 fully saturated rings. The normalized spacial score (nSPS) is 10.5. The molecule has 0 spiro atoms. The second-order valence-electron chi connectivity index (χ2n) is 4.14. The number of aliphatic hydroxyl groups excluding tert-OH is 2. The molecule has 106 valence electrons. The van der Waals surface area contributed by atoms with Crippen LogP contribution in [0, 0.1) is 0 Å². The van der Waals surface area contributed by atoms with Gasteiger partial charge in [-0.1, -0.05) is 30.3 Å². The van der Waals surface area contributed by atoms with Gasteiger partial charge in [-0.25, -0.2) is 4.98 Å². The predicted molar refractivity (Wildman–Crippen MR) is 77.6 cm³/mol. The van der Waals surface area contributed by atoms with Gasteiger partial charge in [0.2, 0.25) is 0 Å². The van der Waals surface area contributed by atoms with Crippen LogP contribution < -0.4 is 0 Å². The molecule has 0 aliphatic rings. The van der Waals surface area contributed by atoms with E-state index in [0.29, 0.717) is 4.88 Å². The minimum atomic E-state index is -0.215. The van der Waals surface area contributed by atoms with Crippen LogP contribution in [0.25, 0.3) is 10.6 Å². The number of hydrogen-bond donors (Lipinski definition) is 2. The van der Waals surface area contributed by atoms with E-state index < -0.39 is 0 Å². The van der Waals surface area contributed by atoms with Crippen molar-refractivity contribution in [2.75, 3.05) is 26.3 Å². The van der Waals surface area contributed by atoms with Crippen molar-refractivity contribution in [1.82, 2.24) is 9.88 Å². The standard InChI is InChI=1S/C14H16N2O3S/c17-8-6-16(7-9-18)14(19)12-10-15-13(20-12)11-4-2-1-3-5-11/h1-5,10,17-18H,6-9H2. The molecule has 0 aliphatic carbocycles. The van der Waals surface area contributed by atoms with Crippen LogP contribution in [0.1, 0.15) is 9.67 Å². The number of nitrogens with zero attached hydrogens (tertiary/aromatic N) is 2. The third-order valence-corrected chi connectivity index (χ3v) is 3.80. The van der Waals surface area contributed by atoms with Crippen LogP contribution in [-0.2, 0) is 0 Å². The minimum absolute atomic E-state index is 0.129. The number of rotatable bonds is 6. The van der Waals surface area contributed by atoms with Gasteiger partial charge < -0.3 is 15.1 Å². The maximum atomic E-state index is 12.2. The summed E-state index contributed by atoms with van der Waals surface area (Å²) in [7, 11) is 0. The maximum absolute atomic E-state index is 12.2. The Morgan fingerprint density at radius 3 is 2.40 bits per heavy atom. The molecule has 1 amide bonds. The number of thiazole rings is 1. The fourth-order valence-corrected chi connectivity index (χ4v) is 2.69. The lowest BCUT2D eigenvalue weighted by Gasteiger charge is -2.19. The molecule has 1 aromatic heterocycles. The van der Waals surface area contributed by atoms with Crippen molar-refractivity contribution in [1.29, 1.82) is 0 Å². The molecule has 6 heteroatoms. The first-order valence-electron chi connectivity index (χ1n) is 6.28. The number of aromatic nitrogens is 1. The SMILES string of the molecule is O=C(c1cnc(-c2ccccc2)s1)N(CCO)CCO. The van der Waals surface area contributed by atoms with Gasteiger partial charge in [-0.15, -0.1) is 11.3 Å².